The number of nitrogens with zero attached hydrogens (tertiary/aromatic N) is 1. The van der Waals surface area contributed by atoms with E-state index >= 15 is 0 Å². The van der Waals surface area contributed by atoms with Crippen molar-refractivity contribution < 1.29 is 18.7 Å². The van der Waals surface area contributed by atoms with Gasteiger partial charge in [0.15, 0.2) is 0 Å². The second kappa shape index (κ2) is 6.65. The van der Waals surface area contributed by atoms with Crippen LogP contribution < -0.4 is 5.32 Å². The van der Waals surface area contributed by atoms with E-state index in [2.05, 4.69) is 10.3 Å². The number of hydrogen-bond acceptors (Lipinski definition) is 4. The van der Waals surface area contributed by atoms with Crippen LogP contribution in [0.15, 0.2) is 18.3 Å². The largest absolute Gasteiger partial charge is 0.458 e. The number of nitrogens with one attached hydrogen (secondary N) is 1. The summed E-state index contributed by atoms with van der Waals surface area (Å²) in [6.07, 6.45) is 1.12. The molecule has 1 aromatic heterocycles. The first-order valence-electron chi connectivity index (χ1n) is 6.75. The SMILES string of the molecule is CC(C)[C@H](NC(=O)c1ccc(F)nc1)C(=O)OC(C)(C)C. The second-order valence-corrected chi connectivity index (χ2v) is 6.10. The molecule has 1 N–H and O–H groups in total. The third-order valence-corrected chi connectivity index (χ3v) is 2.60. The van der Waals surface area contributed by atoms with Gasteiger partial charge in [-0.1, -0.05) is 13.8 Å². The normalized spacial score (nSPS) is 12.9. The molecular weight excluding hydrogens is 275 g/mol. The molecule has 0 bridgehead atoms. The molecule has 0 aliphatic rings. The molecule has 5 nitrogen and oxygen atoms in total. The molecule has 0 saturated carbocycles. The molecule has 0 aliphatic heterocycles. The fourth-order valence-corrected chi connectivity index (χ4v) is 1.60. The summed E-state index contributed by atoms with van der Waals surface area (Å²) < 4.78 is 18.0. The molecule has 0 aliphatic carbocycles. The van der Waals surface area contributed by atoms with Gasteiger partial charge in [-0.05, 0) is 38.8 Å². The number of ether oxygens (including phenoxy) is 1. The summed E-state index contributed by atoms with van der Waals surface area (Å²) in [5, 5.41) is 2.60. The van der Waals surface area contributed by atoms with Gasteiger partial charge >= 0.3 is 5.97 Å². The fourth-order valence-electron chi connectivity index (χ4n) is 1.60. The molecule has 1 aromatic rings. The Balaban J connectivity index is 2.81. The van der Waals surface area contributed by atoms with E-state index in [1.807, 2.05) is 0 Å². The highest BCUT2D eigenvalue weighted by molar-refractivity contribution is 5.96. The maximum atomic E-state index is 12.7. The number of hydrogen-bond donors (Lipinski definition) is 1. The van der Waals surface area contributed by atoms with E-state index in [0.29, 0.717) is 0 Å². The van der Waals surface area contributed by atoms with Crippen LogP contribution in [0.4, 0.5) is 4.39 Å². The Morgan fingerprint density at radius 2 is 1.90 bits per heavy atom. The van der Waals surface area contributed by atoms with Crippen LogP contribution in [-0.2, 0) is 9.53 Å². The topological polar surface area (TPSA) is 68.3 Å². The first kappa shape index (κ1) is 17.1. The van der Waals surface area contributed by atoms with Gasteiger partial charge in [0.2, 0.25) is 5.95 Å². The smallest absolute Gasteiger partial charge is 0.329 e. The summed E-state index contributed by atoms with van der Waals surface area (Å²) in [4.78, 5) is 27.6. The molecule has 0 saturated heterocycles. The Bertz CT molecular complexity index is 507. The quantitative estimate of drug-likeness (QED) is 0.684. The molecule has 1 amide bonds. The summed E-state index contributed by atoms with van der Waals surface area (Å²) in [6, 6.07) is 1.62. The van der Waals surface area contributed by atoms with Gasteiger partial charge in [0, 0.05) is 6.20 Å². The van der Waals surface area contributed by atoms with Crippen LogP contribution in [0.2, 0.25) is 0 Å². The predicted octanol–water partition coefficient (Wildman–Crippen LogP) is 2.32. The van der Waals surface area contributed by atoms with Crippen molar-refractivity contribution in [1.29, 1.82) is 0 Å². The molecular formula is C15H21FN2O3. The fraction of sp³-hybridized carbons (Fsp3) is 0.533. The summed E-state index contributed by atoms with van der Waals surface area (Å²) in [5.74, 6) is -1.80. The molecule has 21 heavy (non-hydrogen) atoms. The monoisotopic (exact) mass is 296 g/mol. The number of pyridine rings is 1. The van der Waals surface area contributed by atoms with Crippen molar-refractivity contribution >= 4 is 11.9 Å². The lowest BCUT2D eigenvalue weighted by Crippen LogP contribution is -2.47. The Morgan fingerprint density at radius 1 is 1.29 bits per heavy atom. The minimum Gasteiger partial charge on any atom is -0.458 e. The zero-order chi connectivity index (χ0) is 16.2. The highest BCUT2D eigenvalue weighted by atomic mass is 19.1. The average Bonchev–Trinajstić information content (AvgIpc) is 2.33. The van der Waals surface area contributed by atoms with Crippen molar-refractivity contribution in [3.05, 3.63) is 29.8 Å². The number of amides is 1. The Hall–Kier alpha value is -1.98. The molecule has 0 fully saturated rings. The van der Waals surface area contributed by atoms with Crippen LogP contribution in [0, 0.1) is 11.9 Å². The van der Waals surface area contributed by atoms with Crippen molar-refractivity contribution in [2.75, 3.05) is 0 Å². The zero-order valence-electron chi connectivity index (χ0n) is 12.9. The molecule has 1 atom stereocenters. The highest BCUT2D eigenvalue weighted by Gasteiger charge is 2.29. The Kier molecular flexibility index (Phi) is 5.41. The van der Waals surface area contributed by atoms with Crippen molar-refractivity contribution in [2.24, 2.45) is 5.92 Å². The van der Waals surface area contributed by atoms with Crippen LogP contribution in [-0.4, -0.2) is 28.5 Å². The van der Waals surface area contributed by atoms with Gasteiger partial charge in [-0.3, -0.25) is 4.79 Å². The lowest BCUT2D eigenvalue weighted by molar-refractivity contribution is -0.158. The van der Waals surface area contributed by atoms with Gasteiger partial charge in [0.25, 0.3) is 5.91 Å². The van der Waals surface area contributed by atoms with Gasteiger partial charge in [0.05, 0.1) is 5.56 Å². The van der Waals surface area contributed by atoms with Crippen molar-refractivity contribution in [3.63, 3.8) is 0 Å². The highest BCUT2D eigenvalue weighted by Crippen LogP contribution is 2.13. The van der Waals surface area contributed by atoms with Crippen LogP contribution in [0.1, 0.15) is 45.0 Å². The summed E-state index contributed by atoms with van der Waals surface area (Å²) in [5.41, 5.74) is -0.447. The van der Waals surface area contributed by atoms with Gasteiger partial charge in [0.1, 0.15) is 11.6 Å². The second-order valence-electron chi connectivity index (χ2n) is 6.10. The van der Waals surface area contributed by atoms with Crippen LogP contribution in [0.25, 0.3) is 0 Å². The molecule has 1 heterocycles. The zero-order valence-corrected chi connectivity index (χ0v) is 12.9. The number of esters is 1. The van der Waals surface area contributed by atoms with E-state index in [4.69, 9.17) is 4.74 Å². The van der Waals surface area contributed by atoms with Gasteiger partial charge in [-0.2, -0.15) is 4.39 Å². The van der Waals surface area contributed by atoms with Crippen LogP contribution >= 0.6 is 0 Å². The molecule has 6 heteroatoms. The van der Waals surface area contributed by atoms with Crippen molar-refractivity contribution in [1.82, 2.24) is 10.3 Å². The number of halogens is 1. The maximum absolute atomic E-state index is 12.7. The number of carbonyl (C=O) groups excluding carboxylic acids is 2. The van der Waals surface area contributed by atoms with E-state index in [-0.39, 0.29) is 11.5 Å². The number of aromatic nitrogens is 1. The van der Waals surface area contributed by atoms with E-state index < -0.39 is 29.5 Å². The molecule has 0 radical (unpaired) electrons. The number of rotatable bonds is 4. The van der Waals surface area contributed by atoms with E-state index in [1.165, 1.54) is 6.07 Å². The molecule has 116 valence electrons. The summed E-state index contributed by atoms with van der Waals surface area (Å²) >= 11 is 0. The Morgan fingerprint density at radius 3 is 2.33 bits per heavy atom. The first-order valence-corrected chi connectivity index (χ1v) is 6.75. The van der Waals surface area contributed by atoms with Gasteiger partial charge in [-0.15, -0.1) is 0 Å². The summed E-state index contributed by atoms with van der Waals surface area (Å²) in [6.45, 7) is 8.88. The minimum absolute atomic E-state index is 0.141. The third-order valence-electron chi connectivity index (χ3n) is 2.60. The lowest BCUT2D eigenvalue weighted by atomic mass is 10.0. The van der Waals surface area contributed by atoms with Crippen molar-refractivity contribution in [2.45, 2.75) is 46.3 Å². The first-order chi connectivity index (χ1) is 9.60. The molecule has 1 rings (SSSR count). The van der Waals surface area contributed by atoms with Gasteiger partial charge < -0.3 is 10.1 Å². The Labute approximate surface area is 123 Å². The summed E-state index contributed by atoms with van der Waals surface area (Å²) in [7, 11) is 0. The van der Waals surface area contributed by atoms with Crippen LogP contribution in [0.5, 0.6) is 0 Å². The van der Waals surface area contributed by atoms with Crippen LogP contribution in [0.3, 0.4) is 0 Å². The lowest BCUT2D eigenvalue weighted by Gasteiger charge is -2.26. The standard InChI is InChI=1S/C15H21FN2O3/c1-9(2)12(14(20)21-15(3,4)5)18-13(19)10-6-7-11(16)17-8-10/h6-9,12H,1-5H3,(H,18,19)/t12-/m0/s1. The van der Waals surface area contributed by atoms with E-state index in [9.17, 15) is 14.0 Å². The molecule has 0 spiro atoms. The van der Waals surface area contributed by atoms with Gasteiger partial charge in [-0.25, -0.2) is 9.78 Å². The van der Waals surface area contributed by atoms with E-state index in [1.54, 1.807) is 34.6 Å². The van der Waals surface area contributed by atoms with Crippen molar-refractivity contribution in [3.8, 4) is 0 Å². The molecule has 0 aromatic carbocycles. The van der Waals surface area contributed by atoms with E-state index in [0.717, 1.165) is 12.3 Å². The minimum atomic E-state index is -0.776. The predicted molar refractivity (Wildman–Crippen MR) is 76.1 cm³/mol. The average molecular weight is 296 g/mol. The number of carbonyl (C=O) groups is 2. The molecule has 0 unspecified atom stereocenters. The third kappa shape index (κ3) is 5.49. The maximum Gasteiger partial charge on any atom is 0.329 e.